The van der Waals surface area contributed by atoms with Crippen LogP contribution in [0.5, 0.6) is 0 Å². The smallest absolute Gasteiger partial charge is 0.166 e. The fourth-order valence-corrected chi connectivity index (χ4v) is 6.59. The summed E-state index contributed by atoms with van der Waals surface area (Å²) in [5.41, 5.74) is -0.0129. The summed E-state index contributed by atoms with van der Waals surface area (Å²) in [6.07, 6.45) is 0. The van der Waals surface area contributed by atoms with Crippen LogP contribution in [0.1, 0.15) is 0 Å². The molecule has 240 valence electrons. The van der Waals surface area contributed by atoms with Crippen LogP contribution in [0.15, 0.2) is 19.2 Å². The highest BCUT2D eigenvalue weighted by Gasteiger charge is 2.34. The minimum atomic E-state index is -0.842. The molecule has 0 unspecified atom stereocenters. The third-order valence-electron chi connectivity index (χ3n) is 8.06. The van der Waals surface area contributed by atoms with Gasteiger partial charge in [-0.3, -0.25) is 0 Å². The molecule has 6 rings (SSSR count). The van der Waals surface area contributed by atoms with E-state index in [1.54, 1.807) is 19.6 Å². The molecule has 0 aromatic heterocycles. The van der Waals surface area contributed by atoms with Gasteiger partial charge >= 0.3 is 0 Å². The molecule has 2 aromatic carbocycles. The van der Waals surface area contributed by atoms with Gasteiger partial charge < -0.3 is 38.5 Å². The van der Waals surface area contributed by atoms with E-state index in [2.05, 4.69) is 42.1 Å². The number of azo groups is 1. The number of benzene rings is 2. The second-order valence-electron chi connectivity index (χ2n) is 10.6. The minimum Gasteiger partial charge on any atom is -0.378 e. The number of ether oxygens (including phenoxy) is 4. The number of hydrogen-bond donors (Lipinski definition) is 0. The molecule has 4 aliphatic heterocycles. The molecule has 44 heavy (non-hydrogen) atoms. The lowest BCUT2D eigenvalue weighted by Crippen LogP contribution is -2.39. The molecule has 10 nitrogen and oxygen atoms in total. The number of morpholine rings is 4. The average Bonchev–Trinajstić information content (AvgIpc) is 3.07. The summed E-state index contributed by atoms with van der Waals surface area (Å²) in [5.74, 6) is -3.37. The Morgan fingerprint density at radius 2 is 0.614 bits per heavy atom. The first-order valence-corrected chi connectivity index (χ1v) is 16.1. The SMILES string of the molecule is Fc1c(Br)c(F)c(N2CCOCC2)c(N=Nc2c(N3CCOCC3)c(F)c(Br)c(F)c2N2CCOCC2)c1N1CCOCC1. The van der Waals surface area contributed by atoms with Crippen molar-refractivity contribution < 1.29 is 36.5 Å². The van der Waals surface area contributed by atoms with Gasteiger partial charge in [0.2, 0.25) is 0 Å². The largest absolute Gasteiger partial charge is 0.378 e. The van der Waals surface area contributed by atoms with Gasteiger partial charge in [-0.15, -0.1) is 10.2 Å². The number of nitrogens with zero attached hydrogens (tertiary/aromatic N) is 6. The van der Waals surface area contributed by atoms with Gasteiger partial charge in [-0.1, -0.05) is 0 Å². The van der Waals surface area contributed by atoms with Gasteiger partial charge in [0.15, 0.2) is 23.3 Å². The van der Waals surface area contributed by atoms with Gasteiger partial charge in [-0.25, -0.2) is 17.6 Å². The van der Waals surface area contributed by atoms with Crippen molar-refractivity contribution in [3.63, 3.8) is 0 Å². The van der Waals surface area contributed by atoms with Crippen molar-refractivity contribution in [1.29, 1.82) is 0 Å². The Labute approximate surface area is 269 Å². The molecule has 0 aliphatic carbocycles. The van der Waals surface area contributed by atoms with Crippen LogP contribution >= 0.6 is 31.9 Å². The predicted octanol–water partition coefficient (Wildman–Crippen LogP) is 5.53. The Bertz CT molecular complexity index is 1210. The van der Waals surface area contributed by atoms with E-state index in [1.807, 2.05) is 0 Å². The van der Waals surface area contributed by atoms with Crippen molar-refractivity contribution in [3.8, 4) is 0 Å². The highest BCUT2D eigenvalue weighted by molar-refractivity contribution is 9.10. The molecule has 0 radical (unpaired) electrons. The van der Waals surface area contributed by atoms with Crippen LogP contribution in [0.25, 0.3) is 0 Å². The van der Waals surface area contributed by atoms with Crippen LogP contribution in [-0.2, 0) is 18.9 Å². The summed E-state index contributed by atoms with van der Waals surface area (Å²) < 4.78 is 85.3. The predicted molar refractivity (Wildman–Crippen MR) is 164 cm³/mol. The van der Waals surface area contributed by atoms with E-state index in [-0.39, 0.29) is 43.1 Å². The molecule has 4 heterocycles. The van der Waals surface area contributed by atoms with Gasteiger partial charge in [0.05, 0.1) is 61.8 Å². The third-order valence-corrected chi connectivity index (χ3v) is 9.45. The maximum Gasteiger partial charge on any atom is 0.166 e. The van der Waals surface area contributed by atoms with E-state index in [0.29, 0.717) is 105 Å². The van der Waals surface area contributed by atoms with Gasteiger partial charge in [0.25, 0.3) is 0 Å². The lowest BCUT2D eigenvalue weighted by Gasteiger charge is -2.35. The molecule has 0 N–H and O–H groups in total. The topological polar surface area (TPSA) is 74.6 Å². The van der Waals surface area contributed by atoms with Crippen LogP contribution in [0.2, 0.25) is 0 Å². The first-order valence-electron chi connectivity index (χ1n) is 14.5. The highest BCUT2D eigenvalue weighted by Crippen LogP contribution is 2.51. The molecule has 2 aromatic rings. The summed E-state index contributed by atoms with van der Waals surface area (Å²) in [6, 6.07) is 0. The molecule has 4 saturated heterocycles. The summed E-state index contributed by atoms with van der Waals surface area (Å²) in [7, 11) is 0. The Hall–Kier alpha value is -2.24. The second-order valence-corrected chi connectivity index (χ2v) is 12.2. The minimum absolute atomic E-state index is 0.0331. The summed E-state index contributed by atoms with van der Waals surface area (Å²) in [4.78, 5) is 6.93. The van der Waals surface area contributed by atoms with E-state index >= 15 is 17.6 Å². The van der Waals surface area contributed by atoms with Crippen molar-refractivity contribution in [3.05, 3.63) is 32.2 Å². The van der Waals surface area contributed by atoms with Gasteiger partial charge in [-0.2, -0.15) is 0 Å². The molecule has 0 bridgehead atoms. The zero-order valence-electron chi connectivity index (χ0n) is 23.9. The highest BCUT2D eigenvalue weighted by atomic mass is 79.9. The number of anilines is 4. The van der Waals surface area contributed by atoms with E-state index < -0.39 is 23.3 Å². The zero-order valence-corrected chi connectivity index (χ0v) is 27.1. The molecular weight excluding hydrogens is 720 g/mol. The Balaban J connectivity index is 1.59. The average molecular weight is 752 g/mol. The van der Waals surface area contributed by atoms with Crippen LogP contribution in [0.3, 0.4) is 0 Å². The summed E-state index contributed by atoms with van der Waals surface area (Å²) in [5, 5.41) is 9.01. The van der Waals surface area contributed by atoms with Crippen molar-refractivity contribution in [2.24, 2.45) is 10.2 Å². The van der Waals surface area contributed by atoms with Gasteiger partial charge in [-0.05, 0) is 31.9 Å². The van der Waals surface area contributed by atoms with Crippen molar-refractivity contribution in [1.82, 2.24) is 0 Å². The van der Waals surface area contributed by atoms with E-state index in [4.69, 9.17) is 18.9 Å². The molecule has 4 fully saturated rings. The molecule has 16 heteroatoms. The normalized spacial score (nSPS) is 20.2. The zero-order chi connectivity index (χ0) is 30.8. The lowest BCUT2D eigenvalue weighted by atomic mass is 10.1. The Morgan fingerprint density at radius 3 is 0.818 bits per heavy atom. The number of hydrogen-bond acceptors (Lipinski definition) is 10. The van der Waals surface area contributed by atoms with Crippen LogP contribution in [0, 0.1) is 23.3 Å². The molecule has 0 spiro atoms. The second kappa shape index (κ2) is 14.0. The number of halogens is 6. The Kier molecular flexibility index (Phi) is 10.1. The maximum absolute atomic E-state index is 16.0. The van der Waals surface area contributed by atoms with Crippen LogP contribution in [-0.4, -0.2) is 105 Å². The van der Waals surface area contributed by atoms with Crippen molar-refractivity contribution in [2.45, 2.75) is 0 Å². The maximum atomic E-state index is 16.0. The Morgan fingerprint density at radius 1 is 0.409 bits per heavy atom. The third kappa shape index (κ3) is 6.12. The van der Waals surface area contributed by atoms with Crippen molar-refractivity contribution >= 4 is 66.0 Å². The van der Waals surface area contributed by atoms with Gasteiger partial charge in [0.1, 0.15) is 34.1 Å². The molecule has 0 amide bonds. The van der Waals surface area contributed by atoms with E-state index in [9.17, 15) is 0 Å². The summed E-state index contributed by atoms with van der Waals surface area (Å²) >= 11 is 6.24. The molecule has 0 saturated carbocycles. The molecule has 0 atom stereocenters. The van der Waals surface area contributed by atoms with Gasteiger partial charge in [0, 0.05) is 52.4 Å². The standard InChI is InChI=1S/C28H32Br2F4N6O4/c29-17-19(31)25(37-1-9-41-10-2-37)23(26(20(17)32)38-3-11-42-12-4-38)35-36-24-27(39-5-13-43-14-6-39)21(33)18(30)22(34)28(24)40-7-15-44-16-8-40/h1-16H2. The monoisotopic (exact) mass is 750 g/mol. The lowest BCUT2D eigenvalue weighted by molar-refractivity contribution is 0.121. The van der Waals surface area contributed by atoms with Crippen LogP contribution in [0.4, 0.5) is 51.7 Å². The van der Waals surface area contributed by atoms with Crippen LogP contribution < -0.4 is 19.6 Å². The first-order chi connectivity index (χ1) is 21.4. The van der Waals surface area contributed by atoms with E-state index in [1.165, 1.54) is 0 Å². The summed E-state index contributed by atoms with van der Waals surface area (Å²) in [6.45, 7) is 5.36. The number of rotatable bonds is 6. The van der Waals surface area contributed by atoms with Crippen molar-refractivity contribution in [2.75, 3.05) is 125 Å². The fourth-order valence-electron chi connectivity index (χ4n) is 5.84. The quantitative estimate of drug-likeness (QED) is 0.217. The van der Waals surface area contributed by atoms with E-state index in [0.717, 1.165) is 0 Å². The first kappa shape index (κ1) is 31.7. The molecule has 4 aliphatic rings. The molecular formula is C28H32Br2F4N6O4. The fraction of sp³-hybridized carbons (Fsp3) is 0.571.